The summed E-state index contributed by atoms with van der Waals surface area (Å²) in [7, 11) is -1.66. The summed E-state index contributed by atoms with van der Waals surface area (Å²) in [6.07, 6.45) is -4.47. The third-order valence-corrected chi connectivity index (χ3v) is 3.29. The Morgan fingerprint density at radius 3 is 2.04 bits per heavy atom. The molecule has 0 fully saturated rings. The Bertz CT molecular complexity index is 865. The van der Waals surface area contributed by atoms with Crippen LogP contribution < -0.4 is 5.46 Å². The van der Waals surface area contributed by atoms with Gasteiger partial charge >= 0.3 is 13.3 Å². The van der Waals surface area contributed by atoms with Gasteiger partial charge in [0.15, 0.2) is 0 Å². The van der Waals surface area contributed by atoms with Gasteiger partial charge in [-0.1, -0.05) is 18.2 Å². The van der Waals surface area contributed by atoms with Crippen molar-refractivity contribution in [1.29, 1.82) is 0 Å². The van der Waals surface area contributed by atoms with Gasteiger partial charge in [-0.2, -0.15) is 13.2 Å². The van der Waals surface area contributed by atoms with Gasteiger partial charge < -0.3 is 14.5 Å². The summed E-state index contributed by atoms with van der Waals surface area (Å²) in [5, 5.41) is 25.9. The van der Waals surface area contributed by atoms with Crippen LogP contribution in [0, 0.1) is 0 Å². The molecule has 3 rings (SSSR count). The van der Waals surface area contributed by atoms with E-state index in [9.17, 15) is 13.2 Å². The third kappa shape index (κ3) is 3.31. The quantitative estimate of drug-likeness (QED) is 0.717. The highest BCUT2D eigenvalue weighted by Gasteiger charge is 2.30. The molecule has 0 aliphatic rings. The van der Waals surface area contributed by atoms with E-state index in [1.807, 2.05) is 0 Å². The lowest BCUT2D eigenvalue weighted by molar-refractivity contribution is -0.137. The first-order valence-electron chi connectivity index (χ1n) is 6.82. The van der Waals surface area contributed by atoms with Crippen LogP contribution in [-0.2, 0) is 6.18 Å². The average Bonchev–Trinajstić information content (AvgIpc) is 3.04. The van der Waals surface area contributed by atoms with E-state index in [1.165, 1.54) is 24.3 Å². The maximum atomic E-state index is 12.8. The van der Waals surface area contributed by atoms with Gasteiger partial charge in [0.2, 0.25) is 11.8 Å². The lowest BCUT2D eigenvalue weighted by Crippen LogP contribution is -2.29. The Labute approximate surface area is 134 Å². The van der Waals surface area contributed by atoms with Gasteiger partial charge in [-0.05, 0) is 35.8 Å². The number of hydrogen-bond donors (Lipinski definition) is 2. The molecule has 2 N–H and O–H groups in total. The van der Waals surface area contributed by atoms with Gasteiger partial charge in [-0.3, -0.25) is 0 Å². The molecule has 5 nitrogen and oxygen atoms in total. The zero-order valence-electron chi connectivity index (χ0n) is 12.0. The minimum atomic E-state index is -4.47. The van der Waals surface area contributed by atoms with Gasteiger partial charge in [-0.25, -0.2) is 0 Å². The number of hydrogen-bond acceptors (Lipinski definition) is 5. The predicted octanol–water partition coefficient (Wildman–Crippen LogP) is 2.10. The summed E-state index contributed by atoms with van der Waals surface area (Å²) < 4.78 is 43.7. The van der Waals surface area contributed by atoms with Crippen LogP contribution in [0.25, 0.3) is 22.9 Å². The maximum Gasteiger partial charge on any atom is 0.488 e. The molecule has 122 valence electrons. The van der Waals surface area contributed by atoms with E-state index in [0.717, 1.165) is 12.1 Å². The van der Waals surface area contributed by atoms with Crippen LogP contribution >= 0.6 is 0 Å². The second kappa shape index (κ2) is 6.10. The van der Waals surface area contributed by atoms with Gasteiger partial charge in [0.1, 0.15) is 0 Å². The SMILES string of the molecule is OB(O)c1cccc(-c2nnc(-c3cccc(C(F)(F)F)c3)o2)c1. The van der Waals surface area contributed by atoms with E-state index in [1.54, 1.807) is 12.1 Å². The molecule has 24 heavy (non-hydrogen) atoms. The largest absolute Gasteiger partial charge is 0.488 e. The van der Waals surface area contributed by atoms with E-state index >= 15 is 0 Å². The second-order valence-electron chi connectivity index (χ2n) is 4.99. The van der Waals surface area contributed by atoms with Crippen molar-refractivity contribution < 1.29 is 27.6 Å². The molecule has 0 unspecified atom stereocenters. The highest BCUT2D eigenvalue weighted by Crippen LogP contribution is 2.32. The number of halogens is 3. The fraction of sp³-hybridized carbons (Fsp3) is 0.0667. The van der Waals surface area contributed by atoms with E-state index in [4.69, 9.17) is 14.5 Å². The van der Waals surface area contributed by atoms with Gasteiger partial charge in [-0.15, -0.1) is 10.2 Å². The first-order valence-corrected chi connectivity index (χ1v) is 6.82. The highest BCUT2D eigenvalue weighted by molar-refractivity contribution is 6.58. The van der Waals surface area contributed by atoms with Crippen LogP contribution in [0.15, 0.2) is 52.9 Å². The minimum Gasteiger partial charge on any atom is -0.423 e. The molecule has 9 heteroatoms. The molecule has 0 amide bonds. The summed E-state index contributed by atoms with van der Waals surface area (Å²) in [5.74, 6) is -0.00374. The summed E-state index contributed by atoms with van der Waals surface area (Å²) in [6.45, 7) is 0. The zero-order valence-corrected chi connectivity index (χ0v) is 12.0. The number of benzene rings is 2. The van der Waals surface area contributed by atoms with Crippen LogP contribution in [0.4, 0.5) is 13.2 Å². The van der Waals surface area contributed by atoms with E-state index in [2.05, 4.69) is 10.2 Å². The summed E-state index contributed by atoms with van der Waals surface area (Å²) in [5.41, 5.74) is -0.0234. The van der Waals surface area contributed by atoms with Crippen molar-refractivity contribution in [1.82, 2.24) is 10.2 Å². The Morgan fingerprint density at radius 2 is 1.46 bits per heavy atom. The molecule has 0 bridgehead atoms. The van der Waals surface area contributed by atoms with Crippen LogP contribution in [0.5, 0.6) is 0 Å². The zero-order chi connectivity index (χ0) is 17.3. The second-order valence-corrected chi connectivity index (χ2v) is 4.99. The average molecular weight is 334 g/mol. The van der Waals surface area contributed by atoms with E-state index in [-0.39, 0.29) is 22.8 Å². The molecule has 3 aromatic rings. The topological polar surface area (TPSA) is 79.4 Å². The fourth-order valence-electron chi connectivity index (χ4n) is 2.12. The molecular formula is C15H10BF3N2O3. The first kappa shape index (κ1) is 16.2. The van der Waals surface area contributed by atoms with Crippen molar-refractivity contribution in [3.63, 3.8) is 0 Å². The Hall–Kier alpha value is -2.65. The molecule has 0 saturated heterocycles. The smallest absolute Gasteiger partial charge is 0.423 e. The van der Waals surface area contributed by atoms with Crippen LogP contribution in [0.1, 0.15) is 5.56 Å². The van der Waals surface area contributed by atoms with Gasteiger partial charge in [0.25, 0.3) is 0 Å². The van der Waals surface area contributed by atoms with Crippen LogP contribution in [0.2, 0.25) is 0 Å². The van der Waals surface area contributed by atoms with Crippen molar-refractivity contribution in [2.45, 2.75) is 6.18 Å². The van der Waals surface area contributed by atoms with E-state index in [0.29, 0.717) is 5.56 Å². The predicted molar refractivity (Wildman–Crippen MR) is 80.0 cm³/mol. The number of alkyl halides is 3. The Kier molecular flexibility index (Phi) is 4.12. The van der Waals surface area contributed by atoms with Crippen LogP contribution in [0.3, 0.4) is 0 Å². The van der Waals surface area contributed by atoms with Crippen molar-refractivity contribution in [2.75, 3.05) is 0 Å². The summed E-state index contributed by atoms with van der Waals surface area (Å²) in [6, 6.07) is 10.7. The Balaban J connectivity index is 1.95. The molecule has 2 aromatic carbocycles. The monoisotopic (exact) mass is 334 g/mol. The molecule has 0 aliphatic carbocycles. The summed E-state index contributed by atoms with van der Waals surface area (Å²) >= 11 is 0. The first-order chi connectivity index (χ1) is 11.3. The van der Waals surface area contributed by atoms with Crippen molar-refractivity contribution in [3.05, 3.63) is 54.1 Å². The standard InChI is InChI=1S/C15H10BF3N2O3/c17-15(18,19)11-5-1-3-9(7-11)13-20-21-14(24-13)10-4-2-6-12(8-10)16(22)23/h1-8,22-23H. The molecule has 0 atom stereocenters. The van der Waals surface area contributed by atoms with Crippen molar-refractivity contribution in [2.24, 2.45) is 0 Å². The molecule has 0 spiro atoms. The minimum absolute atomic E-state index is 0.0601. The fourth-order valence-corrected chi connectivity index (χ4v) is 2.12. The molecule has 0 aliphatic heterocycles. The number of aromatic nitrogens is 2. The summed E-state index contributed by atoms with van der Waals surface area (Å²) in [4.78, 5) is 0. The third-order valence-electron chi connectivity index (χ3n) is 3.29. The number of nitrogens with zero attached hydrogens (tertiary/aromatic N) is 2. The lowest BCUT2D eigenvalue weighted by Gasteiger charge is -2.06. The van der Waals surface area contributed by atoms with Crippen LogP contribution in [-0.4, -0.2) is 27.4 Å². The van der Waals surface area contributed by atoms with Gasteiger partial charge in [0.05, 0.1) is 5.56 Å². The molecule has 0 saturated carbocycles. The van der Waals surface area contributed by atoms with E-state index < -0.39 is 18.9 Å². The Morgan fingerprint density at radius 1 is 0.875 bits per heavy atom. The lowest BCUT2D eigenvalue weighted by atomic mass is 9.80. The number of rotatable bonds is 3. The normalized spacial score (nSPS) is 11.5. The molecular weight excluding hydrogens is 324 g/mol. The maximum absolute atomic E-state index is 12.8. The molecule has 0 radical (unpaired) electrons. The molecule has 1 aromatic heterocycles. The van der Waals surface area contributed by atoms with Crippen molar-refractivity contribution in [3.8, 4) is 22.9 Å². The van der Waals surface area contributed by atoms with Crippen molar-refractivity contribution >= 4 is 12.6 Å². The van der Waals surface area contributed by atoms with Gasteiger partial charge in [0, 0.05) is 11.1 Å². The molecule has 1 heterocycles. The highest BCUT2D eigenvalue weighted by atomic mass is 19.4.